The van der Waals surface area contributed by atoms with Gasteiger partial charge >= 0.3 is 0 Å². The fourth-order valence-electron chi connectivity index (χ4n) is 0.581. The third kappa shape index (κ3) is 8.53. The van der Waals surface area contributed by atoms with Crippen molar-refractivity contribution in [3.63, 3.8) is 0 Å². The van der Waals surface area contributed by atoms with Gasteiger partial charge in [-0.05, 0) is 18.2 Å². The first-order valence-corrected chi connectivity index (χ1v) is 5.60. The maximum Gasteiger partial charge on any atom is 0.0434 e. The van der Waals surface area contributed by atoms with Gasteiger partial charge in [0.15, 0.2) is 0 Å². The molecule has 9 heavy (non-hydrogen) atoms. The second-order valence-corrected chi connectivity index (χ2v) is 4.12. The minimum absolute atomic E-state index is 0.644. The first-order valence-electron chi connectivity index (χ1n) is 3.33. The highest BCUT2D eigenvalue weighted by Crippen LogP contribution is 1.93. The van der Waals surface area contributed by atoms with Crippen LogP contribution in [0, 0.1) is 0 Å². The zero-order chi connectivity index (χ0) is 6.95. The monoisotopic (exact) mass is 163 g/mol. The quantitative estimate of drug-likeness (QED) is 0.352. The molecule has 0 unspecified atom stereocenters. The summed E-state index contributed by atoms with van der Waals surface area (Å²) < 4.78 is 4.92. The summed E-state index contributed by atoms with van der Waals surface area (Å²) >= 11 is 4.13. The van der Waals surface area contributed by atoms with Crippen molar-refractivity contribution >= 4 is 22.1 Å². The molecule has 55 valence electrons. The Balaban J connectivity index is 2.60. The van der Waals surface area contributed by atoms with Crippen LogP contribution in [0.25, 0.3) is 0 Å². The summed E-state index contributed by atoms with van der Waals surface area (Å²) in [6.45, 7) is 0.946. The van der Waals surface area contributed by atoms with Crippen molar-refractivity contribution in [2.75, 3.05) is 19.5 Å². The van der Waals surface area contributed by atoms with Gasteiger partial charge in [0.1, 0.15) is 0 Å². The van der Waals surface area contributed by atoms with Crippen LogP contribution in [-0.4, -0.2) is 29.0 Å². The van der Waals surface area contributed by atoms with Crippen molar-refractivity contribution in [1.82, 2.24) is 0 Å². The smallest absolute Gasteiger partial charge is 0.0434 e. The van der Waals surface area contributed by atoms with Crippen LogP contribution < -0.4 is 0 Å². The lowest BCUT2D eigenvalue weighted by molar-refractivity contribution is 0.215. The molecule has 1 nitrogen and oxygen atoms in total. The Morgan fingerprint density at radius 2 is 2.22 bits per heavy atom. The van der Waals surface area contributed by atoms with Crippen molar-refractivity contribution in [3.8, 4) is 0 Å². The highest BCUT2D eigenvalue weighted by molar-refractivity contribution is 7.80. The first kappa shape index (κ1) is 9.53. The molecule has 1 radical (unpaired) electrons. The van der Waals surface area contributed by atoms with Gasteiger partial charge in [0.05, 0.1) is 0 Å². The highest BCUT2D eigenvalue weighted by atomic mass is 32.1. The second kappa shape index (κ2) is 8.53. The fraction of sp³-hybridized carbons (Fsp3) is 1.00. The van der Waals surface area contributed by atoms with Crippen LogP contribution in [0.1, 0.15) is 6.42 Å². The largest absolute Gasteiger partial charge is 0.385 e. The minimum atomic E-state index is 0.644. The summed E-state index contributed by atoms with van der Waals surface area (Å²) in [6, 6.07) is 2.66. The molecule has 0 aliphatic rings. The van der Waals surface area contributed by atoms with E-state index < -0.39 is 0 Å². The van der Waals surface area contributed by atoms with E-state index in [0.717, 1.165) is 12.4 Å². The number of thiol groups is 1. The van der Waals surface area contributed by atoms with Crippen LogP contribution in [0.15, 0.2) is 0 Å². The van der Waals surface area contributed by atoms with Crippen LogP contribution in [-0.2, 0) is 4.74 Å². The zero-order valence-electron chi connectivity index (χ0n) is 5.97. The van der Waals surface area contributed by atoms with Crippen LogP contribution >= 0.6 is 12.6 Å². The van der Waals surface area contributed by atoms with Gasteiger partial charge < -0.3 is 4.74 Å². The Morgan fingerprint density at radius 3 is 2.78 bits per heavy atom. The Hall–Kier alpha value is 0.527. The lowest BCUT2D eigenvalue weighted by Crippen LogP contribution is -1.95. The summed E-state index contributed by atoms with van der Waals surface area (Å²) in [6.07, 6.45) is 1.28. The van der Waals surface area contributed by atoms with E-state index in [4.69, 9.17) is 4.74 Å². The number of ether oxygens (including phenoxy) is 1. The number of hydrogen-bond donors (Lipinski definition) is 1. The maximum atomic E-state index is 4.92. The lowest BCUT2D eigenvalue weighted by atomic mass is 10.6. The van der Waals surface area contributed by atoms with Gasteiger partial charge in [0, 0.05) is 23.2 Å². The molecule has 0 N–H and O–H groups in total. The van der Waals surface area contributed by atoms with Crippen molar-refractivity contribution in [1.29, 1.82) is 0 Å². The van der Waals surface area contributed by atoms with Crippen LogP contribution in [0.3, 0.4) is 0 Å². The molecule has 0 fully saturated rings. The standard InChI is InChI=1S/C6H15OSSi/c1-7-3-6-9-5-2-4-8/h8-9H,2-6H2,1H3. The minimum Gasteiger partial charge on any atom is -0.385 e. The Labute approximate surface area is 65.4 Å². The van der Waals surface area contributed by atoms with E-state index in [1.807, 2.05) is 0 Å². The summed E-state index contributed by atoms with van der Waals surface area (Å²) in [5.74, 6) is 1.04. The number of methoxy groups -OCH3 is 1. The summed E-state index contributed by atoms with van der Waals surface area (Å²) in [5, 5.41) is 0. The third-order valence-electron chi connectivity index (χ3n) is 1.09. The summed E-state index contributed by atoms with van der Waals surface area (Å²) in [7, 11) is 2.41. The van der Waals surface area contributed by atoms with Gasteiger partial charge in [-0.25, -0.2) is 0 Å². The van der Waals surface area contributed by atoms with Gasteiger partial charge in [0.2, 0.25) is 0 Å². The van der Waals surface area contributed by atoms with Crippen molar-refractivity contribution in [2.24, 2.45) is 0 Å². The summed E-state index contributed by atoms with van der Waals surface area (Å²) in [4.78, 5) is 0. The molecular weight excluding hydrogens is 148 g/mol. The van der Waals surface area contributed by atoms with E-state index in [1.54, 1.807) is 7.11 Å². The van der Waals surface area contributed by atoms with Crippen molar-refractivity contribution in [2.45, 2.75) is 18.5 Å². The van der Waals surface area contributed by atoms with Gasteiger partial charge in [-0.1, -0.05) is 6.04 Å². The topological polar surface area (TPSA) is 9.23 Å². The van der Waals surface area contributed by atoms with Crippen LogP contribution in [0.4, 0.5) is 0 Å². The Kier molecular flexibility index (Phi) is 9.03. The van der Waals surface area contributed by atoms with Crippen molar-refractivity contribution in [3.05, 3.63) is 0 Å². The number of rotatable bonds is 6. The highest BCUT2D eigenvalue weighted by Gasteiger charge is 1.87. The molecule has 0 amide bonds. The predicted molar refractivity (Wildman–Crippen MR) is 47.1 cm³/mol. The molecule has 0 saturated carbocycles. The molecule has 0 spiro atoms. The van der Waals surface area contributed by atoms with Crippen LogP contribution in [0.2, 0.25) is 12.1 Å². The predicted octanol–water partition coefficient (Wildman–Crippen LogP) is 1.23. The second-order valence-electron chi connectivity index (χ2n) is 1.94. The van der Waals surface area contributed by atoms with E-state index in [0.29, 0.717) is 9.52 Å². The molecule has 0 heterocycles. The van der Waals surface area contributed by atoms with Crippen molar-refractivity contribution < 1.29 is 4.74 Å². The molecule has 0 aliphatic carbocycles. The molecule has 0 rings (SSSR count). The third-order valence-corrected chi connectivity index (χ3v) is 2.87. The SMILES string of the molecule is COCC[SiH]CCCS. The maximum absolute atomic E-state index is 4.92. The summed E-state index contributed by atoms with van der Waals surface area (Å²) in [5.41, 5.74) is 0. The fourth-order valence-corrected chi connectivity index (χ4v) is 2.29. The normalized spacial score (nSPS) is 10.0. The zero-order valence-corrected chi connectivity index (χ0v) is 8.02. The lowest BCUT2D eigenvalue weighted by Gasteiger charge is -1.95. The molecule has 0 aromatic carbocycles. The van der Waals surface area contributed by atoms with E-state index in [-0.39, 0.29) is 0 Å². The first-order chi connectivity index (χ1) is 4.41. The van der Waals surface area contributed by atoms with E-state index in [9.17, 15) is 0 Å². The van der Waals surface area contributed by atoms with E-state index >= 15 is 0 Å². The van der Waals surface area contributed by atoms with E-state index in [1.165, 1.54) is 18.5 Å². The van der Waals surface area contributed by atoms with E-state index in [2.05, 4.69) is 12.6 Å². The van der Waals surface area contributed by atoms with Gasteiger partial charge in [-0.2, -0.15) is 12.6 Å². The molecule has 0 saturated heterocycles. The van der Waals surface area contributed by atoms with Crippen LogP contribution in [0.5, 0.6) is 0 Å². The molecule has 0 aromatic heterocycles. The molecule has 0 atom stereocenters. The molecule has 0 aromatic rings. The Morgan fingerprint density at radius 1 is 1.44 bits per heavy atom. The number of hydrogen-bond acceptors (Lipinski definition) is 2. The molecule has 0 aliphatic heterocycles. The average molecular weight is 163 g/mol. The van der Waals surface area contributed by atoms with Gasteiger partial charge in [-0.15, -0.1) is 0 Å². The van der Waals surface area contributed by atoms with Gasteiger partial charge in [0.25, 0.3) is 0 Å². The molecule has 3 heteroatoms. The Bertz CT molecular complexity index is 46.3. The molecular formula is C6H15OSSi. The van der Waals surface area contributed by atoms with Gasteiger partial charge in [-0.3, -0.25) is 0 Å². The molecule has 0 bridgehead atoms. The average Bonchev–Trinajstić information content (AvgIpc) is 1.89.